The van der Waals surface area contributed by atoms with Crippen LogP contribution in [0.3, 0.4) is 0 Å². The van der Waals surface area contributed by atoms with Crippen molar-refractivity contribution in [1.82, 2.24) is 0 Å². The summed E-state index contributed by atoms with van der Waals surface area (Å²) in [5, 5.41) is 8.48. The maximum atomic E-state index is 2.36. The van der Waals surface area contributed by atoms with Gasteiger partial charge in [-0.05, 0) is 69.1 Å². The van der Waals surface area contributed by atoms with Crippen LogP contribution in [0.4, 0.5) is 0 Å². The van der Waals surface area contributed by atoms with Crippen LogP contribution >= 0.6 is 0 Å². The lowest BCUT2D eigenvalue weighted by Crippen LogP contribution is -1.91. The number of hydrogen-bond donors (Lipinski definition) is 0. The van der Waals surface area contributed by atoms with Crippen molar-refractivity contribution in [3.63, 3.8) is 0 Å². The second kappa shape index (κ2) is 8.78. The Hall–Kier alpha value is -2.34. The van der Waals surface area contributed by atoms with Crippen molar-refractivity contribution >= 4 is 32.3 Å². The fourth-order valence-electron chi connectivity index (χ4n) is 4.64. The highest BCUT2D eigenvalue weighted by Crippen LogP contribution is 2.34. The van der Waals surface area contributed by atoms with Gasteiger partial charge in [-0.2, -0.15) is 0 Å². The summed E-state index contributed by atoms with van der Waals surface area (Å²) in [6.45, 7) is 4.55. The third-order valence-corrected chi connectivity index (χ3v) is 6.20. The number of hydrogen-bond acceptors (Lipinski definition) is 0. The first-order valence-corrected chi connectivity index (χ1v) is 11.2. The molecule has 4 rings (SSSR count). The molecule has 0 atom stereocenters. The van der Waals surface area contributed by atoms with Crippen LogP contribution in [0.2, 0.25) is 0 Å². The van der Waals surface area contributed by atoms with Crippen LogP contribution in [0, 0.1) is 0 Å². The lowest BCUT2D eigenvalue weighted by atomic mass is 9.91. The van der Waals surface area contributed by atoms with Gasteiger partial charge in [0, 0.05) is 0 Å². The molecule has 0 amide bonds. The van der Waals surface area contributed by atoms with Gasteiger partial charge < -0.3 is 0 Å². The van der Waals surface area contributed by atoms with Gasteiger partial charge in [-0.3, -0.25) is 0 Å². The Morgan fingerprint density at radius 1 is 0.429 bits per heavy atom. The Morgan fingerprint density at radius 3 is 1.25 bits per heavy atom. The summed E-state index contributed by atoms with van der Waals surface area (Å²) in [5.41, 5.74) is 3.00. The number of benzene rings is 4. The molecule has 28 heavy (non-hydrogen) atoms. The number of fused-ring (bicyclic) bond motifs is 5. The molecule has 0 spiro atoms. The van der Waals surface area contributed by atoms with E-state index in [9.17, 15) is 0 Å². The summed E-state index contributed by atoms with van der Waals surface area (Å²) < 4.78 is 0. The molecule has 0 nitrogen and oxygen atoms in total. The van der Waals surface area contributed by atoms with E-state index in [1.807, 2.05) is 0 Å². The third kappa shape index (κ3) is 3.65. The Bertz CT molecular complexity index is 998. The average Bonchev–Trinajstić information content (AvgIpc) is 2.74. The zero-order valence-electron chi connectivity index (χ0n) is 17.4. The summed E-state index contributed by atoms with van der Waals surface area (Å²) in [7, 11) is 0. The standard InChI is InChI=1S/C28H32/c1-3-5-7-11-21-13-9-15-25-23(21)17-19-28-26-16-10-14-22(12-8-6-4-2)24(26)18-20-27(25)28/h9-10,13-20H,3-8,11-12H2,1-2H3. The van der Waals surface area contributed by atoms with Crippen molar-refractivity contribution in [1.29, 1.82) is 0 Å². The van der Waals surface area contributed by atoms with Gasteiger partial charge in [0.05, 0.1) is 0 Å². The Kier molecular flexibility index (Phi) is 5.95. The summed E-state index contributed by atoms with van der Waals surface area (Å²) in [6, 6.07) is 23.2. The van der Waals surface area contributed by atoms with Crippen molar-refractivity contribution in [3.05, 3.63) is 71.8 Å². The van der Waals surface area contributed by atoms with E-state index in [0.29, 0.717) is 0 Å². The van der Waals surface area contributed by atoms with Crippen LogP contribution in [0.5, 0.6) is 0 Å². The van der Waals surface area contributed by atoms with Gasteiger partial charge in [0.2, 0.25) is 0 Å². The van der Waals surface area contributed by atoms with Crippen molar-refractivity contribution in [2.45, 2.75) is 65.2 Å². The molecule has 0 saturated carbocycles. The van der Waals surface area contributed by atoms with Crippen LogP contribution < -0.4 is 0 Å². The van der Waals surface area contributed by atoms with E-state index in [1.165, 1.54) is 94.8 Å². The molecule has 0 radical (unpaired) electrons. The summed E-state index contributed by atoms with van der Waals surface area (Å²) >= 11 is 0. The van der Waals surface area contributed by atoms with Gasteiger partial charge in [0.15, 0.2) is 0 Å². The minimum absolute atomic E-state index is 1.19. The van der Waals surface area contributed by atoms with E-state index in [1.54, 1.807) is 0 Å². The van der Waals surface area contributed by atoms with Gasteiger partial charge in [-0.15, -0.1) is 0 Å². The van der Waals surface area contributed by atoms with E-state index >= 15 is 0 Å². The molecule has 4 aromatic carbocycles. The predicted molar refractivity (Wildman–Crippen MR) is 125 cm³/mol. The maximum Gasteiger partial charge on any atom is -0.00989 e. The first-order valence-electron chi connectivity index (χ1n) is 11.2. The monoisotopic (exact) mass is 368 g/mol. The molecule has 0 saturated heterocycles. The maximum absolute atomic E-state index is 2.36. The Balaban J connectivity index is 1.82. The molecule has 0 aliphatic heterocycles. The van der Waals surface area contributed by atoms with E-state index in [4.69, 9.17) is 0 Å². The van der Waals surface area contributed by atoms with E-state index < -0.39 is 0 Å². The zero-order valence-corrected chi connectivity index (χ0v) is 17.4. The van der Waals surface area contributed by atoms with E-state index in [-0.39, 0.29) is 0 Å². The minimum Gasteiger partial charge on any atom is -0.0654 e. The van der Waals surface area contributed by atoms with Crippen LogP contribution in [0.25, 0.3) is 32.3 Å². The van der Waals surface area contributed by atoms with Crippen LogP contribution in [0.1, 0.15) is 63.5 Å². The first-order chi connectivity index (χ1) is 13.8. The molecule has 0 fully saturated rings. The van der Waals surface area contributed by atoms with E-state index in [0.717, 1.165) is 0 Å². The van der Waals surface area contributed by atoms with Gasteiger partial charge >= 0.3 is 0 Å². The quantitative estimate of drug-likeness (QED) is 0.216. The Labute approximate surface area is 169 Å². The molecular weight excluding hydrogens is 336 g/mol. The Morgan fingerprint density at radius 2 is 0.821 bits per heavy atom. The van der Waals surface area contributed by atoms with Crippen molar-refractivity contribution in [3.8, 4) is 0 Å². The fourth-order valence-corrected chi connectivity index (χ4v) is 4.64. The second-order valence-electron chi connectivity index (χ2n) is 8.16. The van der Waals surface area contributed by atoms with Gasteiger partial charge in [-0.1, -0.05) is 100 Å². The van der Waals surface area contributed by atoms with Crippen molar-refractivity contribution < 1.29 is 0 Å². The molecule has 0 aliphatic carbocycles. The van der Waals surface area contributed by atoms with Crippen molar-refractivity contribution in [2.75, 3.05) is 0 Å². The summed E-state index contributed by atoms with van der Waals surface area (Å²) in [4.78, 5) is 0. The van der Waals surface area contributed by atoms with Gasteiger partial charge in [0.25, 0.3) is 0 Å². The summed E-state index contributed by atoms with van der Waals surface area (Å²) in [5.74, 6) is 0. The molecule has 0 bridgehead atoms. The zero-order chi connectivity index (χ0) is 19.3. The SMILES string of the molecule is CCCCCc1cccc2c1ccc1c3cccc(CCCCC)c3ccc21. The molecule has 0 heteroatoms. The molecule has 4 aromatic rings. The number of aryl methyl sites for hydroxylation is 2. The highest BCUT2D eigenvalue weighted by Gasteiger charge is 2.09. The van der Waals surface area contributed by atoms with Crippen LogP contribution in [-0.4, -0.2) is 0 Å². The topological polar surface area (TPSA) is 0 Å². The van der Waals surface area contributed by atoms with Crippen LogP contribution in [-0.2, 0) is 12.8 Å². The normalized spacial score (nSPS) is 11.6. The van der Waals surface area contributed by atoms with Crippen molar-refractivity contribution in [2.24, 2.45) is 0 Å². The molecule has 0 N–H and O–H groups in total. The average molecular weight is 369 g/mol. The van der Waals surface area contributed by atoms with Crippen LogP contribution in [0.15, 0.2) is 60.7 Å². The van der Waals surface area contributed by atoms with Gasteiger partial charge in [-0.25, -0.2) is 0 Å². The van der Waals surface area contributed by atoms with Gasteiger partial charge in [0.1, 0.15) is 0 Å². The van der Waals surface area contributed by atoms with E-state index in [2.05, 4.69) is 74.5 Å². The molecule has 0 unspecified atom stereocenters. The number of unbranched alkanes of at least 4 members (excludes halogenated alkanes) is 4. The summed E-state index contributed by atoms with van der Waals surface area (Å²) in [6.07, 6.45) is 10.1. The highest BCUT2D eigenvalue weighted by atomic mass is 14.1. The first kappa shape index (κ1) is 19.0. The predicted octanol–water partition coefficient (Wildman–Crippen LogP) is 8.61. The minimum atomic E-state index is 1.19. The molecule has 0 aliphatic rings. The lowest BCUT2D eigenvalue weighted by molar-refractivity contribution is 0.719. The molecular formula is C28H32. The molecule has 0 aromatic heterocycles. The number of rotatable bonds is 8. The highest BCUT2D eigenvalue weighted by molar-refractivity contribution is 6.18. The molecule has 144 valence electrons. The second-order valence-corrected chi connectivity index (χ2v) is 8.16. The smallest absolute Gasteiger partial charge is 0.00989 e. The third-order valence-electron chi connectivity index (χ3n) is 6.20. The lowest BCUT2D eigenvalue weighted by Gasteiger charge is -2.13. The fraction of sp³-hybridized carbons (Fsp3) is 0.357. The molecule has 0 heterocycles. The largest absolute Gasteiger partial charge is 0.0654 e.